The van der Waals surface area contributed by atoms with Crippen molar-refractivity contribution in [2.75, 3.05) is 0 Å². The van der Waals surface area contributed by atoms with E-state index >= 15 is 0 Å². The molecule has 0 amide bonds. The molecule has 1 aromatic heterocycles. The summed E-state index contributed by atoms with van der Waals surface area (Å²) in [5.74, 6) is 1.21. The largest absolute Gasteiger partial charge is 0.307 e. The molecule has 0 saturated heterocycles. The van der Waals surface area contributed by atoms with Gasteiger partial charge in [0.1, 0.15) is 0 Å². The van der Waals surface area contributed by atoms with Gasteiger partial charge in [0.05, 0.1) is 10.7 Å². The summed E-state index contributed by atoms with van der Waals surface area (Å²) in [6.45, 7) is 16.8. The van der Waals surface area contributed by atoms with Gasteiger partial charge in [-0.05, 0) is 38.5 Å². The Morgan fingerprint density at radius 1 is 1.37 bits per heavy atom. The van der Waals surface area contributed by atoms with Crippen LogP contribution in [0.2, 0.25) is 0 Å². The number of nitrogens with one attached hydrogen (secondary N) is 1. The molecule has 1 N–H and O–H groups in total. The van der Waals surface area contributed by atoms with Crippen molar-refractivity contribution in [1.82, 2.24) is 10.3 Å². The third kappa shape index (κ3) is 3.57. The molecular formula is C16H28N2S. The molecule has 3 heteroatoms. The molecule has 1 aromatic rings. The van der Waals surface area contributed by atoms with E-state index < -0.39 is 0 Å². The maximum Gasteiger partial charge on any atom is 0.0968 e. The Bertz CT molecular complexity index is 452. The summed E-state index contributed by atoms with van der Waals surface area (Å²) in [5.41, 5.74) is 1.94. The zero-order valence-electron chi connectivity index (χ0n) is 13.4. The molecule has 0 aromatic carbocycles. The molecule has 2 nitrogen and oxygen atoms in total. The lowest BCUT2D eigenvalue weighted by atomic mass is 10.1. The van der Waals surface area contributed by atoms with Crippen molar-refractivity contribution in [3.8, 4) is 0 Å². The fourth-order valence-corrected chi connectivity index (χ4v) is 3.81. The molecule has 108 valence electrons. The predicted molar refractivity (Wildman–Crippen MR) is 83.9 cm³/mol. The van der Waals surface area contributed by atoms with E-state index in [1.54, 1.807) is 0 Å². The summed E-state index contributed by atoms with van der Waals surface area (Å²) in [6, 6.07) is 0. The molecular weight excluding hydrogens is 252 g/mol. The second kappa shape index (κ2) is 4.85. The van der Waals surface area contributed by atoms with Crippen LogP contribution in [0.3, 0.4) is 0 Å². The lowest BCUT2D eigenvalue weighted by Crippen LogP contribution is -2.35. The minimum atomic E-state index is 0.164. The molecule has 1 unspecified atom stereocenters. The summed E-state index contributed by atoms with van der Waals surface area (Å²) in [7, 11) is 0. The molecule has 19 heavy (non-hydrogen) atoms. The zero-order valence-corrected chi connectivity index (χ0v) is 14.2. The van der Waals surface area contributed by atoms with Crippen molar-refractivity contribution in [3.05, 3.63) is 15.6 Å². The van der Waals surface area contributed by atoms with Crippen molar-refractivity contribution in [2.24, 2.45) is 5.41 Å². The van der Waals surface area contributed by atoms with Gasteiger partial charge in [0.15, 0.2) is 0 Å². The number of thiazole rings is 1. The molecule has 1 heterocycles. The Morgan fingerprint density at radius 2 is 1.95 bits per heavy atom. The van der Waals surface area contributed by atoms with Gasteiger partial charge in [0, 0.05) is 22.9 Å². The standard InChI is InChI=1S/C16H28N2S/c1-10(2)13-12(9-17-15(3,4)5)19-14(18-13)11-8-16(11,6)7/h10-11,17H,8-9H2,1-7H3. The van der Waals surface area contributed by atoms with Crippen molar-refractivity contribution in [2.45, 2.75) is 78.8 Å². The van der Waals surface area contributed by atoms with Crippen LogP contribution in [0.4, 0.5) is 0 Å². The van der Waals surface area contributed by atoms with Crippen LogP contribution >= 0.6 is 11.3 Å². The minimum absolute atomic E-state index is 0.164. The van der Waals surface area contributed by atoms with Crippen LogP contribution in [-0.2, 0) is 6.54 Å². The van der Waals surface area contributed by atoms with Crippen LogP contribution in [0, 0.1) is 5.41 Å². The molecule has 2 rings (SSSR count). The van der Waals surface area contributed by atoms with Gasteiger partial charge in [-0.2, -0.15) is 0 Å². The topological polar surface area (TPSA) is 24.9 Å². The smallest absolute Gasteiger partial charge is 0.0968 e. The second-order valence-electron chi connectivity index (χ2n) is 7.86. The highest BCUT2D eigenvalue weighted by Crippen LogP contribution is 2.59. The van der Waals surface area contributed by atoms with Gasteiger partial charge in [-0.3, -0.25) is 0 Å². The first kappa shape index (κ1) is 15.0. The first-order chi connectivity index (χ1) is 8.60. The first-order valence-electron chi connectivity index (χ1n) is 7.35. The van der Waals surface area contributed by atoms with Gasteiger partial charge < -0.3 is 5.32 Å². The van der Waals surface area contributed by atoms with Crippen LogP contribution in [0.15, 0.2) is 0 Å². The summed E-state index contributed by atoms with van der Waals surface area (Å²) < 4.78 is 0. The highest BCUT2D eigenvalue weighted by molar-refractivity contribution is 7.11. The van der Waals surface area contributed by atoms with E-state index in [4.69, 9.17) is 4.98 Å². The lowest BCUT2D eigenvalue weighted by Gasteiger charge is -2.20. The van der Waals surface area contributed by atoms with E-state index in [2.05, 4.69) is 53.8 Å². The van der Waals surface area contributed by atoms with E-state index in [0.717, 1.165) is 6.54 Å². The van der Waals surface area contributed by atoms with Crippen LogP contribution in [0.25, 0.3) is 0 Å². The van der Waals surface area contributed by atoms with E-state index in [1.165, 1.54) is 22.0 Å². The fraction of sp³-hybridized carbons (Fsp3) is 0.812. The van der Waals surface area contributed by atoms with Gasteiger partial charge in [0.2, 0.25) is 0 Å². The summed E-state index contributed by atoms with van der Waals surface area (Å²) in [4.78, 5) is 6.38. The van der Waals surface area contributed by atoms with Gasteiger partial charge in [-0.25, -0.2) is 4.98 Å². The highest BCUT2D eigenvalue weighted by Gasteiger charge is 2.48. The highest BCUT2D eigenvalue weighted by atomic mass is 32.1. The number of nitrogens with zero attached hydrogens (tertiary/aromatic N) is 1. The number of hydrogen-bond acceptors (Lipinski definition) is 3. The molecule has 1 atom stereocenters. The Balaban J connectivity index is 2.17. The Labute approximate surface area is 122 Å². The van der Waals surface area contributed by atoms with E-state index in [9.17, 15) is 0 Å². The number of aromatic nitrogens is 1. The van der Waals surface area contributed by atoms with Gasteiger partial charge >= 0.3 is 0 Å². The van der Waals surface area contributed by atoms with E-state index in [0.29, 0.717) is 17.3 Å². The Hall–Kier alpha value is -0.410. The van der Waals surface area contributed by atoms with E-state index in [1.807, 2.05) is 11.3 Å². The molecule has 1 fully saturated rings. The van der Waals surface area contributed by atoms with Crippen LogP contribution in [0.1, 0.15) is 82.3 Å². The average molecular weight is 280 g/mol. The SMILES string of the molecule is CC(C)c1nc(C2CC2(C)C)sc1CNC(C)(C)C. The fourth-order valence-electron chi connectivity index (χ4n) is 2.34. The summed E-state index contributed by atoms with van der Waals surface area (Å²) in [6.07, 6.45) is 1.30. The Morgan fingerprint density at radius 3 is 2.37 bits per heavy atom. The number of hydrogen-bond donors (Lipinski definition) is 1. The average Bonchev–Trinajstić information content (AvgIpc) is 2.73. The first-order valence-corrected chi connectivity index (χ1v) is 8.16. The quantitative estimate of drug-likeness (QED) is 0.867. The summed E-state index contributed by atoms with van der Waals surface area (Å²) in [5, 5.41) is 4.96. The molecule has 1 aliphatic rings. The molecule has 0 radical (unpaired) electrons. The third-order valence-electron chi connectivity index (χ3n) is 3.88. The van der Waals surface area contributed by atoms with Gasteiger partial charge in [-0.1, -0.05) is 27.7 Å². The normalized spacial score (nSPS) is 22.0. The molecule has 0 aliphatic heterocycles. The van der Waals surface area contributed by atoms with Crippen LogP contribution < -0.4 is 5.32 Å². The lowest BCUT2D eigenvalue weighted by molar-refractivity contribution is 0.425. The van der Waals surface area contributed by atoms with Crippen LogP contribution in [0.5, 0.6) is 0 Å². The van der Waals surface area contributed by atoms with Crippen LogP contribution in [-0.4, -0.2) is 10.5 Å². The van der Waals surface area contributed by atoms with Gasteiger partial charge in [0.25, 0.3) is 0 Å². The third-order valence-corrected chi connectivity index (χ3v) is 5.07. The van der Waals surface area contributed by atoms with Crippen molar-refractivity contribution in [3.63, 3.8) is 0 Å². The van der Waals surface area contributed by atoms with Gasteiger partial charge in [-0.15, -0.1) is 11.3 Å². The maximum atomic E-state index is 4.95. The monoisotopic (exact) mass is 280 g/mol. The summed E-state index contributed by atoms with van der Waals surface area (Å²) >= 11 is 1.93. The maximum absolute atomic E-state index is 4.95. The molecule has 0 bridgehead atoms. The van der Waals surface area contributed by atoms with Crippen molar-refractivity contribution >= 4 is 11.3 Å². The molecule has 1 aliphatic carbocycles. The Kier molecular flexibility index (Phi) is 3.83. The molecule has 0 spiro atoms. The predicted octanol–water partition coefficient (Wildman–Crippen LogP) is 4.67. The zero-order chi connectivity index (χ0) is 14.4. The van der Waals surface area contributed by atoms with E-state index in [-0.39, 0.29) is 5.54 Å². The van der Waals surface area contributed by atoms with Crippen molar-refractivity contribution in [1.29, 1.82) is 0 Å². The molecule has 1 saturated carbocycles. The van der Waals surface area contributed by atoms with Crippen molar-refractivity contribution < 1.29 is 0 Å². The number of rotatable bonds is 4. The second-order valence-corrected chi connectivity index (χ2v) is 8.98. The minimum Gasteiger partial charge on any atom is -0.307 e.